The number of hydrogen-bond acceptors (Lipinski definition) is 3. The van der Waals surface area contributed by atoms with Gasteiger partial charge in [0.2, 0.25) is 5.91 Å². The number of nitrogens with one attached hydrogen (secondary N) is 2. The third kappa shape index (κ3) is 6.90. The van der Waals surface area contributed by atoms with Gasteiger partial charge in [-0.3, -0.25) is 4.79 Å². The monoisotopic (exact) mass is 339 g/mol. The molecule has 0 spiro atoms. The molecule has 2 rings (SSSR count). The van der Waals surface area contributed by atoms with Crippen molar-refractivity contribution in [3.05, 3.63) is 35.9 Å². The van der Waals surface area contributed by atoms with Crippen LogP contribution in [0.4, 0.5) is 0 Å². The van der Waals surface area contributed by atoms with E-state index in [9.17, 15) is 4.79 Å². The molecule has 0 aliphatic carbocycles. The predicted molar refractivity (Wildman–Crippen MR) is 98.1 cm³/mol. The Morgan fingerprint density at radius 3 is 2.65 bits per heavy atom. The number of rotatable bonds is 6. The molecule has 1 aliphatic heterocycles. The van der Waals surface area contributed by atoms with Gasteiger partial charge in [0.1, 0.15) is 0 Å². The number of piperidine rings is 1. The van der Waals surface area contributed by atoms with Crippen LogP contribution in [-0.4, -0.2) is 50.1 Å². The van der Waals surface area contributed by atoms with Gasteiger partial charge < -0.3 is 15.5 Å². The van der Waals surface area contributed by atoms with Crippen LogP contribution in [0.15, 0.2) is 30.3 Å². The summed E-state index contributed by atoms with van der Waals surface area (Å²) in [5, 5.41) is 6.68. The van der Waals surface area contributed by atoms with Crippen molar-refractivity contribution in [3.63, 3.8) is 0 Å². The second-order valence-electron chi connectivity index (χ2n) is 6.73. The molecule has 0 saturated carbocycles. The van der Waals surface area contributed by atoms with E-state index in [0.29, 0.717) is 6.04 Å². The molecule has 130 valence electrons. The fraction of sp³-hybridized carbons (Fsp3) is 0.611. The molecule has 1 aliphatic rings. The van der Waals surface area contributed by atoms with Gasteiger partial charge in [0.05, 0.1) is 0 Å². The Kier molecular flexibility index (Phi) is 8.59. The maximum atomic E-state index is 12.6. The molecule has 1 unspecified atom stereocenters. The number of likely N-dealkylation sites (N-methyl/N-ethyl adjacent to an activating group) is 1. The number of carbonyl (C=O) groups is 1. The zero-order valence-electron chi connectivity index (χ0n) is 14.4. The van der Waals surface area contributed by atoms with Crippen molar-refractivity contribution in [2.45, 2.75) is 38.3 Å². The van der Waals surface area contributed by atoms with Gasteiger partial charge in [-0.1, -0.05) is 30.3 Å². The minimum atomic E-state index is 0. The van der Waals surface area contributed by atoms with E-state index < -0.39 is 0 Å². The smallest absolute Gasteiger partial charge is 0.223 e. The summed E-state index contributed by atoms with van der Waals surface area (Å²) < 4.78 is 0. The number of carbonyl (C=O) groups excluding carboxylic acids is 1. The Bertz CT molecular complexity index is 467. The van der Waals surface area contributed by atoms with Crippen molar-refractivity contribution in [3.8, 4) is 0 Å². The van der Waals surface area contributed by atoms with Gasteiger partial charge in [-0.15, -0.1) is 12.4 Å². The Labute approximate surface area is 146 Å². The molecule has 1 fully saturated rings. The lowest BCUT2D eigenvalue weighted by molar-refractivity contribution is -0.126. The highest BCUT2D eigenvalue weighted by atomic mass is 35.5. The van der Waals surface area contributed by atoms with Crippen LogP contribution in [0.5, 0.6) is 0 Å². The Morgan fingerprint density at radius 1 is 1.35 bits per heavy atom. The average Bonchev–Trinajstić information content (AvgIpc) is 2.47. The largest absolute Gasteiger partial charge is 0.352 e. The summed E-state index contributed by atoms with van der Waals surface area (Å²) >= 11 is 0. The van der Waals surface area contributed by atoms with E-state index in [0.717, 1.165) is 32.4 Å². The summed E-state index contributed by atoms with van der Waals surface area (Å²) in [5.74, 6) is 0.368. The quantitative estimate of drug-likeness (QED) is 0.834. The minimum Gasteiger partial charge on any atom is -0.352 e. The van der Waals surface area contributed by atoms with Gasteiger partial charge in [-0.05, 0) is 52.4 Å². The van der Waals surface area contributed by atoms with Crippen LogP contribution >= 0.6 is 12.4 Å². The van der Waals surface area contributed by atoms with Crippen molar-refractivity contribution in [2.24, 2.45) is 5.92 Å². The highest BCUT2D eigenvalue weighted by Crippen LogP contribution is 2.16. The summed E-state index contributed by atoms with van der Waals surface area (Å²) in [4.78, 5) is 14.7. The molecule has 1 saturated heterocycles. The minimum absolute atomic E-state index is 0. The van der Waals surface area contributed by atoms with Crippen molar-refractivity contribution in [1.29, 1.82) is 0 Å². The van der Waals surface area contributed by atoms with Gasteiger partial charge >= 0.3 is 0 Å². The number of hydrogen-bond donors (Lipinski definition) is 2. The molecular formula is C18H30ClN3O. The first-order valence-electron chi connectivity index (χ1n) is 8.27. The second-order valence-corrected chi connectivity index (χ2v) is 6.73. The fourth-order valence-corrected chi connectivity index (χ4v) is 3.19. The highest BCUT2D eigenvalue weighted by Gasteiger charge is 2.26. The molecule has 1 amide bonds. The summed E-state index contributed by atoms with van der Waals surface area (Å²) in [7, 11) is 4.10. The van der Waals surface area contributed by atoms with Gasteiger partial charge in [-0.2, -0.15) is 0 Å². The van der Waals surface area contributed by atoms with E-state index in [1.54, 1.807) is 0 Å². The molecule has 3 atom stereocenters. The van der Waals surface area contributed by atoms with Crippen molar-refractivity contribution in [2.75, 3.05) is 27.2 Å². The summed E-state index contributed by atoms with van der Waals surface area (Å²) in [6.07, 6.45) is 2.76. The van der Waals surface area contributed by atoms with E-state index in [2.05, 4.69) is 60.8 Å². The Balaban J connectivity index is 0.00000264. The molecule has 1 heterocycles. The number of amides is 1. The van der Waals surface area contributed by atoms with E-state index >= 15 is 0 Å². The van der Waals surface area contributed by atoms with Crippen LogP contribution in [0.1, 0.15) is 25.3 Å². The predicted octanol–water partition coefficient (Wildman–Crippen LogP) is 2.09. The summed E-state index contributed by atoms with van der Waals surface area (Å²) in [6.45, 7) is 3.96. The maximum Gasteiger partial charge on any atom is 0.223 e. The molecule has 2 N–H and O–H groups in total. The maximum absolute atomic E-state index is 12.6. The van der Waals surface area contributed by atoms with Gasteiger partial charge in [-0.25, -0.2) is 0 Å². The zero-order chi connectivity index (χ0) is 15.9. The molecule has 23 heavy (non-hydrogen) atoms. The summed E-state index contributed by atoms with van der Waals surface area (Å²) in [5.41, 5.74) is 1.27. The number of halogens is 1. The first-order valence-corrected chi connectivity index (χ1v) is 8.27. The first kappa shape index (κ1) is 19.9. The van der Waals surface area contributed by atoms with Crippen LogP contribution in [0.3, 0.4) is 0 Å². The third-order valence-corrected chi connectivity index (χ3v) is 4.25. The standard InChI is InChI=1S/C18H29N3O.ClH/c1-14-11-16(9-10-19-14)18(22)20-17(13-21(2)3)12-15-7-5-4-6-8-15;/h4-8,14,16-17,19H,9-13H2,1-3H3,(H,20,22);1H/t14-,16-,17?;/m0./s1. The van der Waals surface area contributed by atoms with Crippen molar-refractivity contribution < 1.29 is 4.79 Å². The fourth-order valence-electron chi connectivity index (χ4n) is 3.19. The first-order chi connectivity index (χ1) is 10.5. The highest BCUT2D eigenvalue weighted by molar-refractivity contribution is 5.85. The van der Waals surface area contributed by atoms with Gasteiger partial charge in [0.25, 0.3) is 0 Å². The van der Waals surface area contributed by atoms with E-state index in [1.807, 2.05) is 6.07 Å². The molecule has 1 aromatic carbocycles. The summed E-state index contributed by atoms with van der Waals surface area (Å²) in [6, 6.07) is 11.0. The number of nitrogens with zero attached hydrogens (tertiary/aromatic N) is 1. The van der Waals surface area contributed by atoms with Gasteiger partial charge in [0, 0.05) is 24.5 Å². The molecule has 0 bridgehead atoms. The van der Waals surface area contributed by atoms with E-state index in [-0.39, 0.29) is 30.3 Å². The van der Waals surface area contributed by atoms with Crippen LogP contribution in [0.25, 0.3) is 0 Å². The van der Waals surface area contributed by atoms with Crippen molar-refractivity contribution >= 4 is 18.3 Å². The van der Waals surface area contributed by atoms with E-state index in [4.69, 9.17) is 0 Å². The lowest BCUT2D eigenvalue weighted by Gasteiger charge is -2.30. The lowest BCUT2D eigenvalue weighted by Crippen LogP contribution is -2.48. The number of benzene rings is 1. The van der Waals surface area contributed by atoms with Crippen LogP contribution in [0.2, 0.25) is 0 Å². The second kappa shape index (κ2) is 9.91. The van der Waals surface area contributed by atoms with Crippen LogP contribution in [-0.2, 0) is 11.2 Å². The molecular weight excluding hydrogens is 310 g/mol. The molecule has 0 radical (unpaired) electrons. The van der Waals surface area contributed by atoms with Gasteiger partial charge in [0.15, 0.2) is 0 Å². The molecule has 4 nitrogen and oxygen atoms in total. The normalized spacial score (nSPS) is 22.3. The average molecular weight is 340 g/mol. The molecule has 1 aromatic rings. The molecule has 0 aromatic heterocycles. The Hall–Kier alpha value is -1.10. The lowest BCUT2D eigenvalue weighted by atomic mass is 9.92. The Morgan fingerprint density at radius 2 is 2.04 bits per heavy atom. The topological polar surface area (TPSA) is 44.4 Å². The van der Waals surface area contributed by atoms with E-state index in [1.165, 1.54) is 5.56 Å². The van der Waals surface area contributed by atoms with Crippen LogP contribution in [0, 0.1) is 5.92 Å². The third-order valence-electron chi connectivity index (χ3n) is 4.25. The SMILES string of the molecule is C[C@H]1C[C@@H](C(=O)NC(Cc2ccccc2)CN(C)C)CCN1.Cl. The van der Waals surface area contributed by atoms with Crippen molar-refractivity contribution in [1.82, 2.24) is 15.5 Å². The zero-order valence-corrected chi connectivity index (χ0v) is 15.2. The molecule has 5 heteroatoms. The van der Waals surface area contributed by atoms with Crippen LogP contribution < -0.4 is 10.6 Å².